The van der Waals surface area contributed by atoms with Gasteiger partial charge in [-0.1, -0.05) is 22.0 Å². The van der Waals surface area contributed by atoms with E-state index in [0.29, 0.717) is 0 Å². The summed E-state index contributed by atoms with van der Waals surface area (Å²) in [6.07, 6.45) is 3.81. The molecule has 1 fully saturated rings. The number of morpholine rings is 1. The zero-order chi connectivity index (χ0) is 19.6. The second-order valence-corrected chi connectivity index (χ2v) is 8.15. The summed E-state index contributed by atoms with van der Waals surface area (Å²) in [7, 11) is 0. The molecular formula is C22H22BrN5O. The van der Waals surface area contributed by atoms with Crippen molar-refractivity contribution in [1.82, 2.24) is 14.9 Å². The van der Waals surface area contributed by atoms with E-state index in [1.807, 2.05) is 30.3 Å². The van der Waals surface area contributed by atoms with Gasteiger partial charge in [0.15, 0.2) is 0 Å². The summed E-state index contributed by atoms with van der Waals surface area (Å²) in [5.41, 5.74) is 5.69. The van der Waals surface area contributed by atoms with Gasteiger partial charge in [-0.15, -0.1) is 0 Å². The molecule has 0 bridgehead atoms. The Morgan fingerprint density at radius 2 is 1.79 bits per heavy atom. The minimum absolute atomic E-state index is 0.799. The third-order valence-corrected chi connectivity index (χ3v) is 5.86. The van der Waals surface area contributed by atoms with Gasteiger partial charge < -0.3 is 20.3 Å². The third-order valence-electron chi connectivity index (χ3n) is 5.37. The normalized spacial score (nSPS) is 16.7. The average Bonchev–Trinajstić information content (AvgIpc) is 2.72. The summed E-state index contributed by atoms with van der Waals surface area (Å²) in [6.45, 7) is 3.59. The summed E-state index contributed by atoms with van der Waals surface area (Å²) in [5, 5.41) is 8.03. The van der Waals surface area contributed by atoms with E-state index in [9.17, 15) is 0 Å². The first-order valence-electron chi connectivity index (χ1n) is 9.85. The van der Waals surface area contributed by atoms with Crippen LogP contribution in [0.4, 0.5) is 17.2 Å². The molecule has 148 valence electrons. The smallest absolute Gasteiger partial charge is 0.141 e. The summed E-state index contributed by atoms with van der Waals surface area (Å²) in [4.78, 5) is 11.3. The van der Waals surface area contributed by atoms with Gasteiger partial charge in [0.05, 0.1) is 18.7 Å². The van der Waals surface area contributed by atoms with Crippen LogP contribution in [-0.4, -0.2) is 41.2 Å². The number of ether oxygens (including phenoxy) is 1. The van der Waals surface area contributed by atoms with E-state index in [1.165, 1.54) is 11.4 Å². The number of rotatable bonds is 5. The second kappa shape index (κ2) is 8.00. The molecule has 6 nitrogen and oxygen atoms in total. The highest BCUT2D eigenvalue weighted by Crippen LogP contribution is 2.33. The molecule has 0 unspecified atom stereocenters. The number of allylic oxidation sites excluding steroid dienone is 2. The maximum Gasteiger partial charge on any atom is 0.141 e. The Morgan fingerprint density at radius 1 is 0.931 bits per heavy atom. The number of hydrogen-bond acceptors (Lipinski definition) is 6. The predicted molar refractivity (Wildman–Crippen MR) is 119 cm³/mol. The van der Waals surface area contributed by atoms with Crippen LogP contribution in [0.15, 0.2) is 64.7 Å². The van der Waals surface area contributed by atoms with Crippen LogP contribution < -0.4 is 10.6 Å². The van der Waals surface area contributed by atoms with E-state index in [0.717, 1.165) is 71.7 Å². The molecule has 2 N–H and O–H groups in total. The van der Waals surface area contributed by atoms with Gasteiger partial charge in [-0.25, -0.2) is 9.97 Å². The Hall–Kier alpha value is -2.64. The topological polar surface area (TPSA) is 62.3 Å². The van der Waals surface area contributed by atoms with Crippen LogP contribution in [0.5, 0.6) is 0 Å². The molecule has 0 saturated carbocycles. The van der Waals surface area contributed by atoms with E-state index in [-0.39, 0.29) is 0 Å². The van der Waals surface area contributed by atoms with E-state index < -0.39 is 0 Å². The summed E-state index contributed by atoms with van der Waals surface area (Å²) >= 11 is 3.52. The van der Waals surface area contributed by atoms with Crippen molar-refractivity contribution in [2.45, 2.75) is 12.8 Å². The van der Waals surface area contributed by atoms with Crippen LogP contribution in [0.1, 0.15) is 12.8 Å². The molecule has 0 amide bonds. The molecule has 5 rings (SSSR count). The summed E-state index contributed by atoms with van der Waals surface area (Å²) < 4.78 is 6.50. The first-order valence-corrected chi connectivity index (χ1v) is 10.6. The molecule has 3 aromatic rings. The average molecular weight is 452 g/mol. The largest absolute Gasteiger partial charge is 0.378 e. The molecule has 29 heavy (non-hydrogen) atoms. The lowest BCUT2D eigenvalue weighted by Crippen LogP contribution is -2.39. The fourth-order valence-electron chi connectivity index (χ4n) is 3.79. The molecular weight excluding hydrogens is 430 g/mol. The molecule has 2 aromatic carbocycles. The fraction of sp³-hybridized carbons (Fsp3) is 0.273. The molecule has 0 radical (unpaired) electrons. The van der Waals surface area contributed by atoms with Crippen LogP contribution in [0.2, 0.25) is 0 Å². The number of fused-ring (bicyclic) bond motifs is 1. The predicted octanol–water partition coefficient (Wildman–Crippen LogP) is 4.89. The molecule has 2 aliphatic rings. The molecule has 0 atom stereocenters. The van der Waals surface area contributed by atoms with Crippen molar-refractivity contribution in [3.05, 3.63) is 64.7 Å². The molecule has 1 aliphatic heterocycles. The van der Waals surface area contributed by atoms with E-state index >= 15 is 0 Å². The van der Waals surface area contributed by atoms with Gasteiger partial charge in [0, 0.05) is 45.7 Å². The van der Waals surface area contributed by atoms with Gasteiger partial charge in [0.2, 0.25) is 0 Å². The zero-order valence-corrected chi connectivity index (χ0v) is 17.6. The van der Waals surface area contributed by atoms with Crippen molar-refractivity contribution in [3.8, 4) is 0 Å². The first kappa shape index (κ1) is 18.4. The minimum atomic E-state index is 0.799. The number of halogens is 1. The van der Waals surface area contributed by atoms with Crippen molar-refractivity contribution in [3.63, 3.8) is 0 Å². The van der Waals surface area contributed by atoms with Crippen LogP contribution in [-0.2, 0) is 4.74 Å². The molecule has 0 spiro atoms. The Balaban J connectivity index is 1.42. The van der Waals surface area contributed by atoms with Gasteiger partial charge in [-0.05, 0) is 49.2 Å². The lowest BCUT2D eigenvalue weighted by molar-refractivity contribution is 0.0494. The number of benzene rings is 2. The van der Waals surface area contributed by atoms with Crippen molar-refractivity contribution in [1.29, 1.82) is 0 Å². The van der Waals surface area contributed by atoms with E-state index in [2.05, 4.69) is 53.6 Å². The Bertz CT molecular complexity index is 1080. The van der Waals surface area contributed by atoms with Gasteiger partial charge >= 0.3 is 0 Å². The molecule has 7 heteroatoms. The highest BCUT2D eigenvalue weighted by atomic mass is 79.9. The number of nitrogens with one attached hydrogen (secondary N) is 2. The van der Waals surface area contributed by atoms with Gasteiger partial charge in [0.1, 0.15) is 12.1 Å². The van der Waals surface area contributed by atoms with Crippen LogP contribution >= 0.6 is 15.9 Å². The monoisotopic (exact) mass is 451 g/mol. The van der Waals surface area contributed by atoms with Crippen LogP contribution in [0.3, 0.4) is 0 Å². The van der Waals surface area contributed by atoms with Crippen molar-refractivity contribution < 1.29 is 4.74 Å². The van der Waals surface area contributed by atoms with Gasteiger partial charge in [0.25, 0.3) is 0 Å². The SMILES string of the molecule is Brc1cccc(Nc2ncnc3ccc(NC4=C(N5CCOCC5)CC4)cc23)c1. The van der Waals surface area contributed by atoms with E-state index in [4.69, 9.17) is 4.74 Å². The van der Waals surface area contributed by atoms with E-state index in [1.54, 1.807) is 6.33 Å². The number of aromatic nitrogens is 2. The van der Waals surface area contributed by atoms with Crippen molar-refractivity contribution in [2.75, 3.05) is 36.9 Å². The lowest BCUT2D eigenvalue weighted by Gasteiger charge is -2.37. The summed E-state index contributed by atoms with van der Waals surface area (Å²) in [6, 6.07) is 14.3. The van der Waals surface area contributed by atoms with Crippen LogP contribution in [0.25, 0.3) is 10.9 Å². The van der Waals surface area contributed by atoms with Gasteiger partial charge in [-0.3, -0.25) is 0 Å². The highest BCUT2D eigenvalue weighted by Gasteiger charge is 2.24. The lowest BCUT2D eigenvalue weighted by atomic mass is 9.98. The maximum atomic E-state index is 5.48. The molecule has 2 heterocycles. The molecule has 1 saturated heterocycles. The highest BCUT2D eigenvalue weighted by molar-refractivity contribution is 9.10. The maximum absolute atomic E-state index is 5.48. The zero-order valence-electron chi connectivity index (χ0n) is 16.0. The molecule has 1 aromatic heterocycles. The third kappa shape index (κ3) is 3.93. The first-order chi connectivity index (χ1) is 14.3. The number of anilines is 3. The second-order valence-electron chi connectivity index (χ2n) is 7.24. The number of hydrogen-bond donors (Lipinski definition) is 2. The molecule has 1 aliphatic carbocycles. The Kier molecular flexibility index (Phi) is 5.08. The fourth-order valence-corrected chi connectivity index (χ4v) is 4.19. The summed E-state index contributed by atoms with van der Waals surface area (Å²) in [5.74, 6) is 0.799. The Morgan fingerprint density at radius 3 is 2.59 bits per heavy atom. The number of nitrogens with zero attached hydrogens (tertiary/aromatic N) is 3. The van der Waals surface area contributed by atoms with Crippen molar-refractivity contribution >= 4 is 44.0 Å². The van der Waals surface area contributed by atoms with Crippen LogP contribution in [0, 0.1) is 0 Å². The Labute approximate surface area is 178 Å². The van der Waals surface area contributed by atoms with Gasteiger partial charge in [-0.2, -0.15) is 0 Å². The minimum Gasteiger partial charge on any atom is -0.378 e. The van der Waals surface area contributed by atoms with Crippen molar-refractivity contribution in [2.24, 2.45) is 0 Å². The standard InChI is InChI=1S/C22H22BrN5O/c23-15-2-1-3-16(12-15)27-22-18-13-17(4-5-19(18)24-14-25-22)26-20-6-7-21(20)28-8-10-29-11-9-28/h1-5,12-14,26H,6-11H2,(H,24,25,27). The quantitative estimate of drug-likeness (QED) is 0.575.